The standard InChI is InChI=1S/C70H50N2/c1-69(2)61-32-18-16-30-59(61)67-64(69)41-42-65-68(67)60-31-17-20-34-63(60)70(65)62-33-19-15-29-57(62)58-40-39-54(46-66(58)70)72(52-27-13-6-14-28-52)56-44-50(48-23-9-4-10-24-48)43-55(45-56)71(51-25-11-5-12-26-51)53-37-35-49(36-38-53)47-21-7-3-8-22-47/h3-46H,1-2H3. The van der Waals surface area contributed by atoms with Crippen molar-refractivity contribution in [3.05, 3.63) is 300 Å². The van der Waals surface area contributed by atoms with E-state index < -0.39 is 5.41 Å². The van der Waals surface area contributed by atoms with E-state index in [9.17, 15) is 0 Å². The topological polar surface area (TPSA) is 6.48 Å². The smallest absolute Gasteiger partial charge is 0.0726 e. The SMILES string of the molecule is CC1(C)c2ccccc2-c2c1ccc1c2-c2ccccc2C12c1ccccc1-c1ccc(N(c3ccccc3)c3cc(-c4ccccc4)cc(N(c4ccccc4)c4ccc(-c5ccccc5)cc4)c3)cc12. The third kappa shape index (κ3) is 6.22. The molecule has 1 atom stereocenters. The normalized spacial score (nSPS) is 15.0. The number of anilines is 6. The van der Waals surface area contributed by atoms with Crippen molar-refractivity contribution < 1.29 is 0 Å². The van der Waals surface area contributed by atoms with E-state index in [1.54, 1.807) is 0 Å². The lowest BCUT2D eigenvalue weighted by Gasteiger charge is -2.33. The summed E-state index contributed by atoms with van der Waals surface area (Å²) in [6, 6.07) is 98.9. The number of nitrogens with zero attached hydrogens (tertiary/aromatic N) is 2. The first-order valence-electron chi connectivity index (χ1n) is 25.2. The van der Waals surface area contributed by atoms with Crippen molar-refractivity contribution >= 4 is 34.1 Å². The van der Waals surface area contributed by atoms with E-state index >= 15 is 0 Å². The molecule has 3 aliphatic rings. The van der Waals surface area contributed by atoms with E-state index in [0.29, 0.717) is 0 Å². The van der Waals surface area contributed by atoms with E-state index in [1.165, 1.54) is 77.9 Å². The average molecular weight is 919 g/mol. The predicted octanol–water partition coefficient (Wildman–Crippen LogP) is 18.6. The molecule has 2 nitrogen and oxygen atoms in total. The van der Waals surface area contributed by atoms with Crippen molar-refractivity contribution in [2.24, 2.45) is 0 Å². The third-order valence-corrected chi connectivity index (χ3v) is 15.8. The lowest BCUT2D eigenvalue weighted by atomic mass is 9.70. The van der Waals surface area contributed by atoms with E-state index in [4.69, 9.17) is 0 Å². The van der Waals surface area contributed by atoms with Gasteiger partial charge in [-0.2, -0.15) is 0 Å². The zero-order valence-electron chi connectivity index (χ0n) is 40.3. The fourth-order valence-corrected chi connectivity index (χ4v) is 12.7. The van der Waals surface area contributed by atoms with Gasteiger partial charge < -0.3 is 9.80 Å². The molecule has 1 spiro atoms. The Labute approximate surface area is 422 Å². The van der Waals surface area contributed by atoms with Crippen LogP contribution in [0.4, 0.5) is 34.1 Å². The molecule has 0 bridgehead atoms. The molecule has 0 saturated carbocycles. The van der Waals surface area contributed by atoms with Crippen LogP contribution in [0.1, 0.15) is 47.2 Å². The first-order valence-corrected chi connectivity index (χ1v) is 25.2. The van der Waals surface area contributed by atoms with Gasteiger partial charge in [0.2, 0.25) is 0 Å². The molecule has 72 heavy (non-hydrogen) atoms. The molecule has 0 N–H and O–H groups in total. The number of para-hydroxylation sites is 2. The van der Waals surface area contributed by atoms with Gasteiger partial charge in [-0.3, -0.25) is 0 Å². The molecule has 0 fully saturated rings. The zero-order valence-corrected chi connectivity index (χ0v) is 40.3. The minimum Gasteiger partial charge on any atom is -0.310 e. The van der Waals surface area contributed by atoms with E-state index in [-0.39, 0.29) is 5.41 Å². The van der Waals surface area contributed by atoms with Crippen molar-refractivity contribution in [1.82, 2.24) is 0 Å². The van der Waals surface area contributed by atoms with Gasteiger partial charge in [0.15, 0.2) is 0 Å². The Balaban J connectivity index is 1.01. The largest absolute Gasteiger partial charge is 0.310 e. The Morgan fingerprint density at radius 2 is 0.639 bits per heavy atom. The van der Waals surface area contributed by atoms with Crippen molar-refractivity contribution in [1.29, 1.82) is 0 Å². The van der Waals surface area contributed by atoms with Crippen LogP contribution in [0.25, 0.3) is 55.6 Å². The molecule has 0 heterocycles. The van der Waals surface area contributed by atoms with Gasteiger partial charge in [-0.1, -0.05) is 214 Å². The first kappa shape index (κ1) is 41.9. The van der Waals surface area contributed by atoms with Gasteiger partial charge in [-0.15, -0.1) is 0 Å². The van der Waals surface area contributed by atoms with E-state index in [1.807, 2.05) is 0 Å². The Morgan fingerprint density at radius 3 is 1.25 bits per heavy atom. The Bertz CT molecular complexity index is 3880. The van der Waals surface area contributed by atoms with Gasteiger partial charge in [-0.25, -0.2) is 0 Å². The van der Waals surface area contributed by atoms with Crippen LogP contribution >= 0.6 is 0 Å². The van der Waals surface area contributed by atoms with Crippen LogP contribution < -0.4 is 9.80 Å². The second-order valence-electron chi connectivity index (χ2n) is 20.0. The molecule has 1 unspecified atom stereocenters. The van der Waals surface area contributed by atoms with Crippen molar-refractivity contribution in [3.63, 3.8) is 0 Å². The minimum atomic E-state index is -0.542. The Hall–Kier alpha value is -8.98. The molecular formula is C70H50N2. The number of hydrogen-bond donors (Lipinski definition) is 0. The highest BCUT2D eigenvalue weighted by Crippen LogP contribution is 2.66. The molecule has 11 aromatic carbocycles. The molecule has 3 aliphatic carbocycles. The van der Waals surface area contributed by atoms with Crippen LogP contribution in [-0.4, -0.2) is 0 Å². The van der Waals surface area contributed by atoms with Crippen molar-refractivity contribution in [2.45, 2.75) is 24.7 Å². The molecule has 0 radical (unpaired) electrons. The number of hydrogen-bond acceptors (Lipinski definition) is 2. The summed E-state index contributed by atoms with van der Waals surface area (Å²) in [5.74, 6) is 0. The monoisotopic (exact) mass is 918 g/mol. The van der Waals surface area contributed by atoms with Crippen LogP contribution in [-0.2, 0) is 10.8 Å². The fourth-order valence-electron chi connectivity index (χ4n) is 12.7. The lowest BCUT2D eigenvalue weighted by molar-refractivity contribution is 0.660. The minimum absolute atomic E-state index is 0.116. The average Bonchev–Trinajstić information content (AvgIpc) is 4.00. The lowest BCUT2D eigenvalue weighted by Crippen LogP contribution is -2.26. The van der Waals surface area contributed by atoms with Crippen LogP contribution in [0, 0.1) is 0 Å². The predicted molar refractivity (Wildman–Crippen MR) is 301 cm³/mol. The summed E-state index contributed by atoms with van der Waals surface area (Å²) in [6.45, 7) is 4.79. The molecule has 0 aliphatic heterocycles. The molecule has 0 saturated heterocycles. The zero-order chi connectivity index (χ0) is 48.0. The number of benzene rings is 11. The Morgan fingerprint density at radius 1 is 0.236 bits per heavy atom. The number of rotatable bonds is 8. The van der Waals surface area contributed by atoms with Crippen LogP contribution in [0.5, 0.6) is 0 Å². The summed E-state index contributed by atoms with van der Waals surface area (Å²) in [4.78, 5) is 4.87. The highest BCUT2D eigenvalue weighted by molar-refractivity contribution is 6.03. The third-order valence-electron chi connectivity index (χ3n) is 15.8. The summed E-state index contributed by atoms with van der Waals surface area (Å²) in [6.07, 6.45) is 0. The molecule has 0 amide bonds. The summed E-state index contributed by atoms with van der Waals surface area (Å²) in [5, 5.41) is 0. The quantitative estimate of drug-likeness (QED) is 0.150. The number of fused-ring (bicyclic) bond motifs is 14. The maximum atomic E-state index is 2.52. The maximum absolute atomic E-state index is 2.52. The van der Waals surface area contributed by atoms with Gasteiger partial charge in [-0.05, 0) is 156 Å². The maximum Gasteiger partial charge on any atom is 0.0726 e. The molecule has 340 valence electrons. The highest BCUT2D eigenvalue weighted by atomic mass is 15.2. The van der Waals surface area contributed by atoms with E-state index in [0.717, 1.165) is 45.3 Å². The summed E-state index contributed by atoms with van der Waals surface area (Å²) < 4.78 is 0. The van der Waals surface area contributed by atoms with Crippen molar-refractivity contribution in [3.8, 4) is 55.6 Å². The summed E-state index contributed by atoms with van der Waals surface area (Å²) in [5.41, 5.74) is 26.6. The second kappa shape index (κ2) is 16.3. The van der Waals surface area contributed by atoms with Gasteiger partial charge in [0.05, 0.1) is 5.41 Å². The van der Waals surface area contributed by atoms with Crippen LogP contribution in [0.15, 0.2) is 267 Å². The Kier molecular flexibility index (Phi) is 9.50. The van der Waals surface area contributed by atoms with Crippen LogP contribution in [0.2, 0.25) is 0 Å². The van der Waals surface area contributed by atoms with Crippen molar-refractivity contribution in [2.75, 3.05) is 9.80 Å². The fraction of sp³-hybridized carbons (Fsp3) is 0.0571. The molecule has 14 rings (SSSR count). The molecule has 0 aromatic heterocycles. The van der Waals surface area contributed by atoms with Gasteiger partial charge >= 0.3 is 0 Å². The summed E-state index contributed by atoms with van der Waals surface area (Å²) >= 11 is 0. The molecule has 11 aromatic rings. The van der Waals surface area contributed by atoms with E-state index in [2.05, 4.69) is 291 Å². The van der Waals surface area contributed by atoms with Gasteiger partial charge in [0, 0.05) is 39.5 Å². The van der Waals surface area contributed by atoms with Gasteiger partial charge in [0.1, 0.15) is 0 Å². The summed E-state index contributed by atoms with van der Waals surface area (Å²) in [7, 11) is 0. The molecular weight excluding hydrogens is 869 g/mol. The molecule has 2 heteroatoms. The first-order chi connectivity index (χ1) is 35.5. The van der Waals surface area contributed by atoms with Gasteiger partial charge in [0.25, 0.3) is 0 Å². The second-order valence-corrected chi connectivity index (χ2v) is 20.0. The van der Waals surface area contributed by atoms with Crippen LogP contribution in [0.3, 0.4) is 0 Å². The highest BCUT2D eigenvalue weighted by Gasteiger charge is 2.54.